The van der Waals surface area contributed by atoms with E-state index in [0.29, 0.717) is 45.6 Å². The zero-order chi connectivity index (χ0) is 20.5. The quantitative estimate of drug-likeness (QED) is 0.504. The van der Waals surface area contributed by atoms with Crippen LogP contribution < -0.4 is 5.73 Å². The third kappa shape index (κ3) is 7.74. The van der Waals surface area contributed by atoms with E-state index in [0.717, 1.165) is 11.1 Å². The van der Waals surface area contributed by atoms with Gasteiger partial charge < -0.3 is 25.7 Å². The van der Waals surface area contributed by atoms with Gasteiger partial charge in [-0.25, -0.2) is 0 Å². The number of piperazine rings is 1. The van der Waals surface area contributed by atoms with Gasteiger partial charge in [0.25, 0.3) is 0 Å². The molecule has 29 heavy (non-hydrogen) atoms. The molecule has 0 aromatic heterocycles. The number of aliphatic hydroxyl groups is 2. The number of carbonyl (C=O) groups is 3. The molecule has 1 atom stereocenters. The third-order valence-corrected chi connectivity index (χ3v) is 5.00. The van der Waals surface area contributed by atoms with Crippen LogP contribution in [0.2, 0.25) is 0 Å². The molecule has 0 spiro atoms. The SMILES string of the molecule is Cl.NCc1ccc(CCC(=O)N2CCN(C(=O)CCC(=O)C(O)CO)CC2)cc1. The van der Waals surface area contributed by atoms with Gasteiger partial charge in [-0.3, -0.25) is 14.4 Å². The normalized spacial score (nSPS) is 14.9. The zero-order valence-corrected chi connectivity index (χ0v) is 17.3. The molecule has 0 aliphatic carbocycles. The van der Waals surface area contributed by atoms with Gasteiger partial charge >= 0.3 is 0 Å². The Labute approximate surface area is 177 Å². The van der Waals surface area contributed by atoms with E-state index in [1.54, 1.807) is 9.80 Å². The van der Waals surface area contributed by atoms with Gasteiger partial charge in [0.15, 0.2) is 5.78 Å². The van der Waals surface area contributed by atoms with E-state index in [4.69, 9.17) is 10.8 Å². The fraction of sp³-hybridized carbons (Fsp3) is 0.550. The smallest absolute Gasteiger partial charge is 0.223 e. The second kappa shape index (κ2) is 12.5. The van der Waals surface area contributed by atoms with Crippen molar-refractivity contribution in [3.63, 3.8) is 0 Å². The first-order valence-electron chi connectivity index (χ1n) is 9.59. The van der Waals surface area contributed by atoms with E-state index in [9.17, 15) is 19.5 Å². The topological polar surface area (TPSA) is 124 Å². The van der Waals surface area contributed by atoms with Crippen molar-refractivity contribution in [2.75, 3.05) is 32.8 Å². The molecule has 1 fully saturated rings. The van der Waals surface area contributed by atoms with Gasteiger partial charge in [-0.05, 0) is 17.5 Å². The molecule has 1 unspecified atom stereocenters. The molecular weight excluding hydrogens is 398 g/mol. The van der Waals surface area contributed by atoms with Gasteiger partial charge in [0, 0.05) is 52.0 Å². The van der Waals surface area contributed by atoms with E-state index in [1.165, 1.54) is 0 Å². The lowest BCUT2D eigenvalue weighted by molar-refractivity contribution is -0.140. The first kappa shape index (κ1) is 25.0. The summed E-state index contributed by atoms with van der Waals surface area (Å²) in [4.78, 5) is 39.5. The van der Waals surface area contributed by atoms with Crippen LogP contribution in [0.4, 0.5) is 0 Å². The Hall–Kier alpha value is -2.00. The molecule has 1 aromatic carbocycles. The number of carbonyl (C=O) groups excluding carboxylic acids is 3. The Kier molecular flexibility index (Phi) is 10.8. The Morgan fingerprint density at radius 2 is 1.38 bits per heavy atom. The maximum atomic E-state index is 12.4. The second-order valence-electron chi connectivity index (χ2n) is 6.95. The van der Waals surface area contributed by atoms with Crippen LogP contribution in [-0.2, 0) is 27.3 Å². The second-order valence-corrected chi connectivity index (χ2v) is 6.95. The molecule has 1 heterocycles. The molecular formula is C20H30ClN3O5. The first-order chi connectivity index (χ1) is 13.4. The van der Waals surface area contributed by atoms with E-state index in [2.05, 4.69) is 0 Å². The highest BCUT2D eigenvalue weighted by molar-refractivity contribution is 5.87. The van der Waals surface area contributed by atoms with Crippen molar-refractivity contribution in [2.45, 2.75) is 38.3 Å². The lowest BCUT2D eigenvalue weighted by Gasteiger charge is -2.35. The summed E-state index contributed by atoms with van der Waals surface area (Å²) < 4.78 is 0. The minimum absolute atomic E-state index is 0. The summed E-state index contributed by atoms with van der Waals surface area (Å²) in [6.07, 6.45) is -0.429. The number of ketones is 1. The summed E-state index contributed by atoms with van der Waals surface area (Å²) >= 11 is 0. The fourth-order valence-corrected chi connectivity index (χ4v) is 3.11. The van der Waals surface area contributed by atoms with Crippen molar-refractivity contribution in [1.29, 1.82) is 0 Å². The summed E-state index contributed by atoms with van der Waals surface area (Å²) in [6, 6.07) is 7.91. The number of nitrogens with two attached hydrogens (primary N) is 1. The Bertz CT molecular complexity index is 675. The number of aliphatic hydroxyl groups excluding tert-OH is 2. The number of aryl methyl sites for hydroxylation is 1. The highest BCUT2D eigenvalue weighted by Gasteiger charge is 2.24. The Morgan fingerprint density at radius 1 is 0.897 bits per heavy atom. The maximum absolute atomic E-state index is 12.4. The average Bonchev–Trinajstić information content (AvgIpc) is 2.75. The molecule has 1 aliphatic heterocycles. The van der Waals surface area contributed by atoms with Crippen molar-refractivity contribution in [1.82, 2.24) is 9.80 Å². The van der Waals surface area contributed by atoms with Crippen LogP contribution in [0.3, 0.4) is 0 Å². The van der Waals surface area contributed by atoms with Crippen LogP contribution in [0.5, 0.6) is 0 Å². The molecule has 4 N–H and O–H groups in total. The van der Waals surface area contributed by atoms with Crippen molar-refractivity contribution >= 4 is 30.0 Å². The Morgan fingerprint density at radius 3 is 1.86 bits per heavy atom. The lowest BCUT2D eigenvalue weighted by atomic mass is 10.1. The minimum atomic E-state index is -1.42. The van der Waals surface area contributed by atoms with Gasteiger partial charge in [0.2, 0.25) is 11.8 Å². The summed E-state index contributed by atoms with van der Waals surface area (Å²) in [5.74, 6) is -0.647. The Balaban J connectivity index is 0.00000420. The maximum Gasteiger partial charge on any atom is 0.223 e. The first-order valence-corrected chi connectivity index (χ1v) is 9.59. The molecule has 9 heteroatoms. The zero-order valence-electron chi connectivity index (χ0n) is 16.5. The monoisotopic (exact) mass is 427 g/mol. The van der Waals surface area contributed by atoms with Gasteiger partial charge in [-0.1, -0.05) is 24.3 Å². The number of halogens is 1. The van der Waals surface area contributed by atoms with Crippen LogP contribution in [0, 0.1) is 0 Å². The predicted molar refractivity (Wildman–Crippen MR) is 110 cm³/mol. The number of nitrogens with zero attached hydrogens (tertiary/aromatic N) is 2. The van der Waals surface area contributed by atoms with Gasteiger partial charge in [0.05, 0.1) is 6.61 Å². The highest BCUT2D eigenvalue weighted by Crippen LogP contribution is 2.11. The average molecular weight is 428 g/mol. The van der Waals surface area contributed by atoms with E-state index >= 15 is 0 Å². The van der Waals surface area contributed by atoms with Crippen molar-refractivity contribution in [3.05, 3.63) is 35.4 Å². The van der Waals surface area contributed by atoms with Gasteiger partial charge in [0.1, 0.15) is 6.10 Å². The summed E-state index contributed by atoms with van der Waals surface area (Å²) in [7, 11) is 0. The van der Waals surface area contributed by atoms with Crippen LogP contribution in [0.1, 0.15) is 30.4 Å². The third-order valence-electron chi connectivity index (χ3n) is 5.00. The molecule has 2 amide bonds. The fourth-order valence-electron chi connectivity index (χ4n) is 3.11. The van der Waals surface area contributed by atoms with Crippen molar-refractivity contribution in [3.8, 4) is 0 Å². The van der Waals surface area contributed by atoms with Crippen LogP contribution in [0.15, 0.2) is 24.3 Å². The molecule has 1 aromatic rings. The number of rotatable bonds is 9. The lowest BCUT2D eigenvalue weighted by Crippen LogP contribution is -2.50. The largest absolute Gasteiger partial charge is 0.393 e. The number of hydrogen-bond acceptors (Lipinski definition) is 6. The molecule has 8 nitrogen and oxygen atoms in total. The van der Waals surface area contributed by atoms with Gasteiger partial charge in [-0.2, -0.15) is 0 Å². The molecule has 0 bridgehead atoms. The standard InChI is InChI=1S/C20H29N3O5.ClH/c21-13-16-3-1-15(2-4-16)5-7-19(27)22-9-11-23(12-10-22)20(28)8-6-17(25)18(26)14-24;/h1-4,18,24,26H,5-14,21H2;1H. The van der Waals surface area contributed by atoms with Gasteiger partial charge in [-0.15, -0.1) is 12.4 Å². The predicted octanol–water partition coefficient (Wildman–Crippen LogP) is -0.127. The summed E-state index contributed by atoms with van der Waals surface area (Å²) in [5, 5.41) is 18.0. The van der Waals surface area contributed by atoms with E-state index in [1.807, 2.05) is 24.3 Å². The molecule has 1 saturated heterocycles. The number of hydrogen-bond donors (Lipinski definition) is 3. The molecule has 0 saturated carbocycles. The number of amides is 2. The molecule has 162 valence electrons. The summed E-state index contributed by atoms with van der Waals surface area (Å²) in [5.41, 5.74) is 7.73. The molecule has 1 aliphatic rings. The minimum Gasteiger partial charge on any atom is -0.393 e. The van der Waals surface area contributed by atoms with E-state index in [-0.39, 0.29) is 37.1 Å². The van der Waals surface area contributed by atoms with Crippen molar-refractivity contribution in [2.24, 2.45) is 5.73 Å². The van der Waals surface area contributed by atoms with Crippen LogP contribution in [0.25, 0.3) is 0 Å². The number of Topliss-reactive ketones (excluding diaryl/α,β-unsaturated/α-hetero) is 1. The van der Waals surface area contributed by atoms with Crippen LogP contribution in [-0.4, -0.2) is 76.5 Å². The van der Waals surface area contributed by atoms with Crippen molar-refractivity contribution < 1.29 is 24.6 Å². The molecule has 0 radical (unpaired) electrons. The highest BCUT2D eigenvalue weighted by atomic mass is 35.5. The summed E-state index contributed by atoms with van der Waals surface area (Å²) in [6.45, 7) is 1.69. The number of benzene rings is 1. The van der Waals surface area contributed by atoms with Crippen LogP contribution >= 0.6 is 12.4 Å². The molecule has 2 rings (SSSR count). The van der Waals surface area contributed by atoms with E-state index < -0.39 is 18.5 Å².